The van der Waals surface area contributed by atoms with Crippen LogP contribution in [0.1, 0.15) is 35.7 Å². The van der Waals surface area contributed by atoms with Gasteiger partial charge in [0.05, 0.1) is 0 Å². The molecule has 1 aliphatic heterocycles. The maximum absolute atomic E-state index is 13.4. The molecule has 148 valence electrons. The van der Waals surface area contributed by atoms with Crippen molar-refractivity contribution in [2.45, 2.75) is 38.4 Å². The normalized spacial score (nSPS) is 19.0. The Morgan fingerprint density at radius 2 is 1.48 bits per heavy atom. The number of nitrogens with zero attached hydrogens (tertiary/aromatic N) is 2. The smallest absolute Gasteiger partial charge is 0.254 e. The van der Waals surface area contributed by atoms with Gasteiger partial charge in [0.2, 0.25) is 0 Å². The molecule has 4 rings (SSSR count). The molecule has 0 radical (unpaired) electrons. The fourth-order valence-electron chi connectivity index (χ4n) is 4.33. The van der Waals surface area contributed by atoms with Gasteiger partial charge in [-0.1, -0.05) is 66.7 Å². The van der Waals surface area contributed by atoms with E-state index in [1.54, 1.807) is 0 Å². The summed E-state index contributed by atoms with van der Waals surface area (Å²) in [6.45, 7) is 3.88. The highest BCUT2D eigenvalue weighted by Gasteiger charge is 2.32. The van der Waals surface area contributed by atoms with Gasteiger partial charge in [0, 0.05) is 36.4 Å². The number of carbonyl (C=O) groups excluding carboxylic acids is 1. The van der Waals surface area contributed by atoms with Gasteiger partial charge in [0.15, 0.2) is 0 Å². The standard InChI is InChI=1S/C26H28N2O/c1-21-19-25(17-18-27(21)24-15-9-4-10-16-24)28(20-22-11-5-2-6-12-22)26(29)23-13-7-3-8-14-23/h2-16,21,25H,17-20H2,1H3. The fraction of sp³-hybridized carbons (Fsp3) is 0.269. The number of benzene rings is 3. The maximum atomic E-state index is 13.4. The van der Waals surface area contributed by atoms with E-state index in [9.17, 15) is 4.79 Å². The number of rotatable bonds is 5. The zero-order valence-electron chi connectivity index (χ0n) is 16.9. The van der Waals surface area contributed by atoms with E-state index in [0.717, 1.165) is 24.9 Å². The average molecular weight is 385 g/mol. The zero-order valence-corrected chi connectivity index (χ0v) is 16.9. The first-order chi connectivity index (χ1) is 14.2. The molecule has 2 unspecified atom stereocenters. The van der Waals surface area contributed by atoms with Crippen molar-refractivity contribution in [2.24, 2.45) is 0 Å². The van der Waals surface area contributed by atoms with Crippen molar-refractivity contribution < 1.29 is 4.79 Å². The Balaban J connectivity index is 1.55. The molecule has 1 amide bonds. The molecule has 0 aromatic heterocycles. The predicted molar refractivity (Wildman–Crippen MR) is 119 cm³/mol. The van der Waals surface area contributed by atoms with Crippen molar-refractivity contribution in [1.29, 1.82) is 0 Å². The van der Waals surface area contributed by atoms with Crippen molar-refractivity contribution in [3.63, 3.8) is 0 Å². The summed E-state index contributed by atoms with van der Waals surface area (Å²) in [6, 6.07) is 31.2. The molecule has 3 aromatic rings. The van der Waals surface area contributed by atoms with E-state index < -0.39 is 0 Å². The Bertz CT molecular complexity index is 911. The third-order valence-electron chi connectivity index (χ3n) is 5.85. The topological polar surface area (TPSA) is 23.6 Å². The highest BCUT2D eigenvalue weighted by Crippen LogP contribution is 2.29. The lowest BCUT2D eigenvalue weighted by Gasteiger charge is -2.43. The van der Waals surface area contributed by atoms with E-state index in [0.29, 0.717) is 12.6 Å². The molecular formula is C26H28N2O. The summed E-state index contributed by atoms with van der Waals surface area (Å²) in [4.78, 5) is 18.0. The van der Waals surface area contributed by atoms with Gasteiger partial charge < -0.3 is 9.80 Å². The molecule has 0 bridgehead atoms. The van der Waals surface area contributed by atoms with Crippen LogP contribution in [-0.2, 0) is 6.54 Å². The van der Waals surface area contributed by atoms with Crippen LogP contribution in [0.15, 0.2) is 91.0 Å². The average Bonchev–Trinajstić information content (AvgIpc) is 2.79. The van der Waals surface area contributed by atoms with Crippen LogP contribution >= 0.6 is 0 Å². The summed E-state index contributed by atoms with van der Waals surface area (Å²) in [5.41, 5.74) is 3.21. The molecule has 1 aliphatic rings. The monoisotopic (exact) mass is 384 g/mol. The van der Waals surface area contributed by atoms with Gasteiger partial charge in [-0.25, -0.2) is 0 Å². The zero-order chi connectivity index (χ0) is 20.1. The Kier molecular flexibility index (Phi) is 5.95. The number of anilines is 1. The lowest BCUT2D eigenvalue weighted by atomic mass is 9.95. The Morgan fingerprint density at radius 3 is 2.10 bits per heavy atom. The Morgan fingerprint density at radius 1 is 0.897 bits per heavy atom. The molecule has 0 N–H and O–H groups in total. The minimum atomic E-state index is 0.125. The first-order valence-electron chi connectivity index (χ1n) is 10.4. The first kappa shape index (κ1) is 19.3. The van der Waals surface area contributed by atoms with Crippen LogP contribution in [0.25, 0.3) is 0 Å². The van der Waals surface area contributed by atoms with E-state index in [1.165, 1.54) is 11.3 Å². The van der Waals surface area contributed by atoms with Crippen molar-refractivity contribution >= 4 is 11.6 Å². The third kappa shape index (κ3) is 4.51. The number of para-hydroxylation sites is 1. The predicted octanol–water partition coefficient (Wildman–Crippen LogP) is 5.39. The lowest BCUT2D eigenvalue weighted by Crippen LogP contribution is -2.50. The maximum Gasteiger partial charge on any atom is 0.254 e. The van der Waals surface area contributed by atoms with Crippen LogP contribution in [0.5, 0.6) is 0 Å². The number of amides is 1. The number of hydrogen-bond acceptors (Lipinski definition) is 2. The molecule has 3 heteroatoms. The summed E-state index contributed by atoms with van der Waals surface area (Å²) in [7, 11) is 0. The van der Waals surface area contributed by atoms with E-state index in [4.69, 9.17) is 0 Å². The van der Waals surface area contributed by atoms with Crippen LogP contribution in [0.3, 0.4) is 0 Å². The molecule has 29 heavy (non-hydrogen) atoms. The molecule has 1 saturated heterocycles. The van der Waals surface area contributed by atoms with E-state index in [-0.39, 0.29) is 11.9 Å². The van der Waals surface area contributed by atoms with Crippen molar-refractivity contribution in [3.8, 4) is 0 Å². The van der Waals surface area contributed by atoms with E-state index >= 15 is 0 Å². The summed E-state index contributed by atoms with van der Waals surface area (Å²) < 4.78 is 0. The van der Waals surface area contributed by atoms with Crippen LogP contribution in [0, 0.1) is 0 Å². The molecule has 1 heterocycles. The summed E-state index contributed by atoms with van der Waals surface area (Å²) in [5.74, 6) is 0.125. The summed E-state index contributed by atoms with van der Waals surface area (Å²) in [6.07, 6.45) is 1.95. The molecule has 1 fully saturated rings. The minimum Gasteiger partial charge on any atom is -0.369 e. The fourth-order valence-corrected chi connectivity index (χ4v) is 4.33. The van der Waals surface area contributed by atoms with Gasteiger partial charge >= 0.3 is 0 Å². The first-order valence-corrected chi connectivity index (χ1v) is 10.4. The Labute approximate surface area is 173 Å². The van der Waals surface area contributed by atoms with Crippen molar-refractivity contribution in [2.75, 3.05) is 11.4 Å². The second-order valence-electron chi connectivity index (χ2n) is 7.84. The molecule has 0 saturated carbocycles. The quantitative estimate of drug-likeness (QED) is 0.589. The van der Waals surface area contributed by atoms with Gasteiger partial charge in [-0.15, -0.1) is 0 Å². The second kappa shape index (κ2) is 8.95. The summed E-state index contributed by atoms with van der Waals surface area (Å²) >= 11 is 0. The molecular weight excluding hydrogens is 356 g/mol. The van der Waals surface area contributed by atoms with Crippen LogP contribution in [0.2, 0.25) is 0 Å². The van der Waals surface area contributed by atoms with Crippen molar-refractivity contribution in [3.05, 3.63) is 102 Å². The number of piperidine rings is 1. The number of hydrogen-bond donors (Lipinski definition) is 0. The van der Waals surface area contributed by atoms with Gasteiger partial charge in [-0.2, -0.15) is 0 Å². The third-order valence-corrected chi connectivity index (χ3v) is 5.85. The van der Waals surface area contributed by atoms with Crippen LogP contribution in [0.4, 0.5) is 5.69 Å². The highest BCUT2D eigenvalue weighted by molar-refractivity contribution is 5.94. The lowest BCUT2D eigenvalue weighted by molar-refractivity contribution is 0.0616. The minimum absolute atomic E-state index is 0.125. The second-order valence-corrected chi connectivity index (χ2v) is 7.84. The SMILES string of the molecule is CC1CC(N(Cc2ccccc2)C(=O)c2ccccc2)CCN1c1ccccc1. The molecule has 3 aromatic carbocycles. The van der Waals surface area contributed by atoms with Crippen LogP contribution in [-0.4, -0.2) is 29.4 Å². The molecule has 3 nitrogen and oxygen atoms in total. The van der Waals surface area contributed by atoms with Gasteiger partial charge in [0.25, 0.3) is 5.91 Å². The van der Waals surface area contributed by atoms with E-state index in [2.05, 4.69) is 59.2 Å². The summed E-state index contributed by atoms with van der Waals surface area (Å²) in [5, 5.41) is 0. The van der Waals surface area contributed by atoms with Gasteiger partial charge in [-0.05, 0) is 49.6 Å². The molecule has 2 atom stereocenters. The molecule has 0 aliphatic carbocycles. The number of carbonyl (C=O) groups is 1. The van der Waals surface area contributed by atoms with Crippen LogP contribution < -0.4 is 4.90 Å². The highest BCUT2D eigenvalue weighted by atomic mass is 16.2. The van der Waals surface area contributed by atoms with Gasteiger partial charge in [0.1, 0.15) is 0 Å². The van der Waals surface area contributed by atoms with Crippen molar-refractivity contribution in [1.82, 2.24) is 4.90 Å². The van der Waals surface area contributed by atoms with Gasteiger partial charge in [-0.3, -0.25) is 4.79 Å². The van der Waals surface area contributed by atoms with E-state index in [1.807, 2.05) is 48.5 Å². The Hall–Kier alpha value is -3.07. The largest absolute Gasteiger partial charge is 0.369 e. The molecule has 0 spiro atoms.